The fraction of sp³-hybridized carbons (Fsp3) is 0.917. The van der Waals surface area contributed by atoms with Gasteiger partial charge in [-0.1, -0.05) is 13.8 Å². The predicted octanol–water partition coefficient (Wildman–Crippen LogP) is 2.07. The molecule has 1 saturated heterocycles. The summed E-state index contributed by atoms with van der Waals surface area (Å²) in [5.41, 5.74) is 5.32. The molecule has 1 atom stereocenters. The Morgan fingerprint density at radius 1 is 1.47 bits per heavy atom. The van der Waals surface area contributed by atoms with E-state index >= 15 is 0 Å². The Bertz CT molecular complexity index is 201. The summed E-state index contributed by atoms with van der Waals surface area (Å²) in [6.45, 7) is 8.38. The molecular formula is C12H25N3. The summed E-state index contributed by atoms with van der Waals surface area (Å²) in [5, 5.41) is 7.13. The molecule has 15 heavy (non-hydrogen) atoms. The van der Waals surface area contributed by atoms with E-state index in [0.29, 0.717) is 5.84 Å². The maximum absolute atomic E-state index is 7.13. The quantitative estimate of drug-likeness (QED) is 0.401. The molecule has 0 aromatic heterocycles. The molecule has 1 aliphatic heterocycles. The Balaban J connectivity index is 2.06. The van der Waals surface area contributed by atoms with Gasteiger partial charge in [0.1, 0.15) is 0 Å². The highest BCUT2D eigenvalue weighted by Gasteiger charge is 2.23. The third kappa shape index (κ3) is 4.65. The molecule has 1 rings (SSSR count). The smallest absolute Gasteiger partial charge is 0.0905 e. The van der Waals surface area contributed by atoms with Gasteiger partial charge in [0.2, 0.25) is 0 Å². The van der Waals surface area contributed by atoms with Crippen molar-refractivity contribution in [2.24, 2.45) is 17.6 Å². The first-order valence-electron chi connectivity index (χ1n) is 6.15. The van der Waals surface area contributed by atoms with Crippen LogP contribution in [0.2, 0.25) is 0 Å². The lowest BCUT2D eigenvalue weighted by Crippen LogP contribution is -2.23. The Morgan fingerprint density at radius 3 is 2.73 bits per heavy atom. The lowest BCUT2D eigenvalue weighted by atomic mass is 9.95. The molecule has 0 aliphatic carbocycles. The van der Waals surface area contributed by atoms with E-state index < -0.39 is 0 Å². The van der Waals surface area contributed by atoms with Gasteiger partial charge in [-0.2, -0.15) is 0 Å². The van der Waals surface area contributed by atoms with Crippen LogP contribution < -0.4 is 5.73 Å². The number of nitrogens with two attached hydrogens (primary N) is 1. The minimum absolute atomic E-state index is 0.330. The van der Waals surface area contributed by atoms with Crippen molar-refractivity contribution in [3.8, 4) is 0 Å². The zero-order valence-corrected chi connectivity index (χ0v) is 10.1. The lowest BCUT2D eigenvalue weighted by molar-refractivity contribution is 0.298. The Hall–Kier alpha value is -0.570. The van der Waals surface area contributed by atoms with Crippen molar-refractivity contribution in [2.75, 3.05) is 19.6 Å². The molecule has 3 nitrogen and oxygen atoms in total. The molecule has 0 amide bonds. The van der Waals surface area contributed by atoms with E-state index in [-0.39, 0.29) is 0 Å². The van der Waals surface area contributed by atoms with Gasteiger partial charge in [-0.15, -0.1) is 0 Å². The number of likely N-dealkylation sites (tertiary alicyclic amines) is 1. The van der Waals surface area contributed by atoms with Crippen LogP contribution in [0.4, 0.5) is 0 Å². The van der Waals surface area contributed by atoms with Crippen molar-refractivity contribution >= 4 is 5.84 Å². The SMILES string of the molecule is CC(C)C1CCN(CCCCC(=N)N)C1. The van der Waals surface area contributed by atoms with Crippen LogP contribution in [0, 0.1) is 17.2 Å². The molecule has 1 aliphatic rings. The maximum atomic E-state index is 7.13. The Kier molecular flexibility index (Phi) is 5.09. The summed E-state index contributed by atoms with van der Waals surface area (Å²) in [6.07, 6.45) is 4.38. The average Bonchev–Trinajstić information content (AvgIpc) is 2.60. The van der Waals surface area contributed by atoms with Crippen LogP contribution in [0.1, 0.15) is 39.5 Å². The van der Waals surface area contributed by atoms with Gasteiger partial charge in [-0.05, 0) is 44.2 Å². The molecular weight excluding hydrogens is 186 g/mol. The summed E-state index contributed by atoms with van der Waals surface area (Å²) in [7, 11) is 0. The van der Waals surface area contributed by atoms with Crippen LogP contribution in [0.15, 0.2) is 0 Å². The van der Waals surface area contributed by atoms with Crippen molar-refractivity contribution in [3.05, 3.63) is 0 Å². The Morgan fingerprint density at radius 2 is 2.20 bits per heavy atom. The monoisotopic (exact) mass is 211 g/mol. The van der Waals surface area contributed by atoms with Gasteiger partial charge < -0.3 is 10.6 Å². The van der Waals surface area contributed by atoms with Crippen LogP contribution in [-0.4, -0.2) is 30.4 Å². The largest absolute Gasteiger partial charge is 0.388 e. The number of amidine groups is 1. The molecule has 88 valence electrons. The molecule has 3 heteroatoms. The summed E-state index contributed by atoms with van der Waals surface area (Å²) in [4.78, 5) is 2.56. The normalized spacial score (nSPS) is 22.5. The highest BCUT2D eigenvalue weighted by atomic mass is 15.1. The molecule has 0 aromatic rings. The van der Waals surface area contributed by atoms with Crippen LogP contribution in [-0.2, 0) is 0 Å². The van der Waals surface area contributed by atoms with Crippen molar-refractivity contribution in [1.82, 2.24) is 4.90 Å². The summed E-state index contributed by atoms with van der Waals surface area (Å²) in [6, 6.07) is 0. The van der Waals surface area contributed by atoms with E-state index in [1.165, 1.54) is 32.5 Å². The molecule has 0 saturated carbocycles. The summed E-state index contributed by atoms with van der Waals surface area (Å²) >= 11 is 0. The van der Waals surface area contributed by atoms with Crippen molar-refractivity contribution in [1.29, 1.82) is 5.41 Å². The fourth-order valence-electron chi connectivity index (χ4n) is 2.26. The zero-order valence-electron chi connectivity index (χ0n) is 10.1. The van der Waals surface area contributed by atoms with Crippen LogP contribution in [0.25, 0.3) is 0 Å². The first-order valence-corrected chi connectivity index (χ1v) is 6.15. The van der Waals surface area contributed by atoms with Crippen molar-refractivity contribution < 1.29 is 0 Å². The molecule has 1 heterocycles. The molecule has 0 bridgehead atoms. The van der Waals surface area contributed by atoms with E-state index in [2.05, 4.69) is 18.7 Å². The molecule has 1 unspecified atom stereocenters. The first kappa shape index (κ1) is 12.5. The van der Waals surface area contributed by atoms with E-state index in [1.54, 1.807) is 0 Å². The molecule has 0 spiro atoms. The van der Waals surface area contributed by atoms with Gasteiger partial charge >= 0.3 is 0 Å². The second-order valence-electron chi connectivity index (χ2n) is 5.08. The summed E-state index contributed by atoms with van der Waals surface area (Å²) in [5.74, 6) is 2.06. The third-order valence-electron chi connectivity index (χ3n) is 3.42. The van der Waals surface area contributed by atoms with Gasteiger partial charge in [-0.3, -0.25) is 5.41 Å². The zero-order chi connectivity index (χ0) is 11.3. The molecule has 1 fully saturated rings. The van der Waals surface area contributed by atoms with Gasteiger partial charge in [0.05, 0.1) is 5.84 Å². The first-order chi connectivity index (χ1) is 7.09. The minimum atomic E-state index is 0.330. The van der Waals surface area contributed by atoms with Gasteiger partial charge in [0.25, 0.3) is 0 Å². The van der Waals surface area contributed by atoms with Crippen LogP contribution in [0.3, 0.4) is 0 Å². The standard InChI is InChI=1S/C12H25N3/c1-10(2)11-6-8-15(9-11)7-4-3-5-12(13)14/h10-11H,3-9H2,1-2H3,(H3,13,14). The lowest BCUT2D eigenvalue weighted by Gasteiger charge is -2.17. The average molecular weight is 211 g/mol. The highest BCUT2D eigenvalue weighted by molar-refractivity contribution is 5.76. The molecule has 0 radical (unpaired) electrons. The van der Waals surface area contributed by atoms with E-state index in [4.69, 9.17) is 11.1 Å². The number of nitrogens with one attached hydrogen (secondary N) is 1. The number of nitrogens with zero attached hydrogens (tertiary/aromatic N) is 1. The Labute approximate surface area is 93.5 Å². The predicted molar refractivity (Wildman–Crippen MR) is 65.2 cm³/mol. The number of rotatable bonds is 6. The van der Waals surface area contributed by atoms with Crippen molar-refractivity contribution in [3.63, 3.8) is 0 Å². The summed E-state index contributed by atoms with van der Waals surface area (Å²) < 4.78 is 0. The molecule has 3 N–H and O–H groups in total. The third-order valence-corrected chi connectivity index (χ3v) is 3.42. The number of unbranched alkanes of at least 4 members (excludes halogenated alkanes) is 1. The second-order valence-corrected chi connectivity index (χ2v) is 5.08. The second kappa shape index (κ2) is 6.11. The molecule has 0 aromatic carbocycles. The van der Waals surface area contributed by atoms with E-state index in [0.717, 1.165) is 24.7 Å². The maximum Gasteiger partial charge on any atom is 0.0905 e. The van der Waals surface area contributed by atoms with Gasteiger partial charge in [0, 0.05) is 13.0 Å². The van der Waals surface area contributed by atoms with E-state index in [9.17, 15) is 0 Å². The minimum Gasteiger partial charge on any atom is -0.388 e. The number of hydrogen-bond acceptors (Lipinski definition) is 2. The topological polar surface area (TPSA) is 53.1 Å². The van der Waals surface area contributed by atoms with E-state index in [1.807, 2.05) is 0 Å². The number of hydrogen-bond donors (Lipinski definition) is 2. The highest BCUT2D eigenvalue weighted by Crippen LogP contribution is 2.23. The van der Waals surface area contributed by atoms with Crippen LogP contribution >= 0.6 is 0 Å². The van der Waals surface area contributed by atoms with Crippen LogP contribution in [0.5, 0.6) is 0 Å². The van der Waals surface area contributed by atoms with Crippen molar-refractivity contribution in [2.45, 2.75) is 39.5 Å². The van der Waals surface area contributed by atoms with Gasteiger partial charge in [-0.25, -0.2) is 0 Å². The fourth-order valence-corrected chi connectivity index (χ4v) is 2.26. The van der Waals surface area contributed by atoms with Gasteiger partial charge in [0.15, 0.2) is 0 Å².